The van der Waals surface area contributed by atoms with Crippen LogP contribution in [-0.4, -0.2) is 19.7 Å². The molecule has 26 heavy (non-hydrogen) atoms. The summed E-state index contributed by atoms with van der Waals surface area (Å²) in [7, 11) is 2.03. The number of aryl methyl sites for hydroxylation is 1. The van der Waals surface area contributed by atoms with Crippen LogP contribution in [0, 0.1) is 6.92 Å². The van der Waals surface area contributed by atoms with Gasteiger partial charge in [-0.2, -0.15) is 0 Å². The van der Waals surface area contributed by atoms with Crippen LogP contribution in [0.2, 0.25) is 0 Å². The summed E-state index contributed by atoms with van der Waals surface area (Å²) in [6.07, 6.45) is 0.829. The molecule has 0 aliphatic rings. The van der Waals surface area contributed by atoms with Gasteiger partial charge in [-0.15, -0.1) is 32.9 Å². The highest BCUT2D eigenvalue weighted by Gasteiger charge is 2.12. The van der Waals surface area contributed by atoms with Crippen molar-refractivity contribution in [3.63, 3.8) is 0 Å². The van der Waals surface area contributed by atoms with Crippen molar-refractivity contribution >= 4 is 34.4 Å². The molecule has 4 aromatic rings. The Morgan fingerprint density at radius 3 is 2.69 bits per heavy atom. The van der Waals surface area contributed by atoms with Crippen LogP contribution in [0.5, 0.6) is 0 Å². The van der Waals surface area contributed by atoms with E-state index in [1.807, 2.05) is 7.05 Å². The highest BCUT2D eigenvalue weighted by atomic mass is 32.2. The molecule has 0 spiro atoms. The Labute approximate surface area is 165 Å². The molecule has 0 fully saturated rings. The van der Waals surface area contributed by atoms with Crippen molar-refractivity contribution in [2.24, 2.45) is 7.05 Å². The van der Waals surface area contributed by atoms with Gasteiger partial charge >= 0.3 is 0 Å². The van der Waals surface area contributed by atoms with Crippen LogP contribution >= 0.6 is 34.4 Å². The smallest absolute Gasteiger partial charge is 0.191 e. The maximum atomic E-state index is 4.76. The first-order valence-electron chi connectivity index (χ1n) is 8.24. The summed E-state index contributed by atoms with van der Waals surface area (Å²) in [5.74, 6) is 1.79. The van der Waals surface area contributed by atoms with E-state index in [9.17, 15) is 0 Å². The van der Waals surface area contributed by atoms with Crippen molar-refractivity contribution in [3.05, 3.63) is 69.1 Å². The topological polar surface area (TPSA) is 43.6 Å². The Morgan fingerprint density at radius 1 is 1.08 bits per heavy atom. The standard InChI is InChI=1S/C19H18N4S3/c1-13-5-7-14(8-6-13)18-20-15(11-25-18)12-26-19-22-21-17(23(19)2)10-16-4-3-9-24-16/h3-9,11H,10,12H2,1-2H3. The number of rotatable bonds is 6. The van der Waals surface area contributed by atoms with Crippen molar-refractivity contribution in [2.75, 3.05) is 0 Å². The molecule has 3 aromatic heterocycles. The Balaban J connectivity index is 1.42. The van der Waals surface area contributed by atoms with Gasteiger partial charge in [0.1, 0.15) is 10.8 Å². The van der Waals surface area contributed by atoms with Crippen molar-refractivity contribution in [3.8, 4) is 10.6 Å². The number of hydrogen-bond acceptors (Lipinski definition) is 6. The van der Waals surface area contributed by atoms with E-state index in [2.05, 4.69) is 68.8 Å². The zero-order valence-corrected chi connectivity index (χ0v) is 17.0. The van der Waals surface area contributed by atoms with Crippen molar-refractivity contribution < 1.29 is 0 Å². The number of thioether (sulfide) groups is 1. The van der Waals surface area contributed by atoms with Crippen molar-refractivity contribution in [2.45, 2.75) is 24.3 Å². The molecule has 0 unspecified atom stereocenters. The van der Waals surface area contributed by atoms with E-state index in [0.717, 1.165) is 33.9 Å². The van der Waals surface area contributed by atoms with Crippen LogP contribution in [0.25, 0.3) is 10.6 Å². The summed E-state index contributed by atoms with van der Waals surface area (Å²) in [4.78, 5) is 6.07. The van der Waals surface area contributed by atoms with Crippen LogP contribution in [0.1, 0.15) is 22.0 Å². The molecule has 0 radical (unpaired) electrons. The van der Waals surface area contributed by atoms with Crippen molar-refractivity contribution in [1.29, 1.82) is 0 Å². The summed E-state index contributed by atoms with van der Waals surface area (Å²) in [5.41, 5.74) is 3.52. The summed E-state index contributed by atoms with van der Waals surface area (Å²) >= 11 is 5.12. The van der Waals surface area contributed by atoms with Crippen LogP contribution in [-0.2, 0) is 19.2 Å². The van der Waals surface area contributed by atoms with E-state index in [1.54, 1.807) is 34.4 Å². The number of aromatic nitrogens is 4. The second-order valence-electron chi connectivity index (χ2n) is 6.01. The fraction of sp³-hybridized carbons (Fsp3) is 0.211. The van der Waals surface area contributed by atoms with E-state index in [-0.39, 0.29) is 0 Å². The molecule has 1 aromatic carbocycles. The average Bonchev–Trinajstić information content (AvgIpc) is 3.38. The van der Waals surface area contributed by atoms with E-state index in [1.165, 1.54) is 16.0 Å². The first-order chi connectivity index (χ1) is 12.7. The molecule has 4 nitrogen and oxygen atoms in total. The lowest BCUT2D eigenvalue weighted by atomic mass is 10.2. The fourth-order valence-electron chi connectivity index (χ4n) is 2.53. The molecule has 0 bridgehead atoms. The second kappa shape index (κ2) is 7.73. The second-order valence-corrected chi connectivity index (χ2v) is 8.85. The van der Waals surface area contributed by atoms with E-state index in [0.29, 0.717) is 0 Å². The number of thiophene rings is 1. The third-order valence-electron chi connectivity index (χ3n) is 4.04. The number of benzene rings is 1. The molecule has 0 amide bonds. The lowest BCUT2D eigenvalue weighted by Crippen LogP contribution is -1.99. The third kappa shape index (κ3) is 3.90. The zero-order chi connectivity index (χ0) is 17.9. The molecular weight excluding hydrogens is 380 g/mol. The quantitative estimate of drug-likeness (QED) is 0.419. The average molecular weight is 399 g/mol. The highest BCUT2D eigenvalue weighted by Crippen LogP contribution is 2.28. The summed E-state index contributed by atoms with van der Waals surface area (Å²) in [6, 6.07) is 12.7. The molecule has 0 atom stereocenters. The largest absolute Gasteiger partial charge is 0.309 e. The van der Waals surface area contributed by atoms with Gasteiger partial charge in [0.15, 0.2) is 5.16 Å². The van der Waals surface area contributed by atoms with E-state index in [4.69, 9.17) is 4.98 Å². The predicted octanol–water partition coefficient (Wildman–Crippen LogP) is 5.19. The van der Waals surface area contributed by atoms with Gasteiger partial charge in [-0.05, 0) is 18.4 Å². The molecule has 7 heteroatoms. The van der Waals surface area contributed by atoms with Crippen LogP contribution in [0.4, 0.5) is 0 Å². The van der Waals surface area contributed by atoms with Gasteiger partial charge in [0.2, 0.25) is 0 Å². The normalized spacial score (nSPS) is 11.2. The monoisotopic (exact) mass is 398 g/mol. The molecule has 4 rings (SSSR count). The Hall–Kier alpha value is -1.96. The van der Waals surface area contributed by atoms with E-state index < -0.39 is 0 Å². The zero-order valence-electron chi connectivity index (χ0n) is 14.5. The summed E-state index contributed by atoms with van der Waals surface area (Å²) in [5, 5.41) is 14.9. The predicted molar refractivity (Wildman–Crippen MR) is 110 cm³/mol. The van der Waals surface area contributed by atoms with Crippen molar-refractivity contribution in [1.82, 2.24) is 19.7 Å². The Kier molecular flexibility index (Phi) is 5.19. The minimum absolute atomic E-state index is 0.799. The van der Waals surface area contributed by atoms with Gasteiger partial charge in [-0.1, -0.05) is 47.7 Å². The number of nitrogens with zero attached hydrogens (tertiary/aromatic N) is 4. The van der Waals surface area contributed by atoms with Crippen LogP contribution in [0.15, 0.2) is 52.3 Å². The summed E-state index contributed by atoms with van der Waals surface area (Å²) < 4.78 is 2.08. The number of hydrogen-bond donors (Lipinski definition) is 0. The lowest BCUT2D eigenvalue weighted by molar-refractivity contribution is 0.750. The molecule has 132 valence electrons. The first-order valence-corrected chi connectivity index (χ1v) is 11.0. The summed E-state index contributed by atoms with van der Waals surface area (Å²) in [6.45, 7) is 2.10. The van der Waals surface area contributed by atoms with Gasteiger partial charge in [0.05, 0.1) is 5.69 Å². The van der Waals surface area contributed by atoms with Gasteiger partial charge in [0.25, 0.3) is 0 Å². The molecule has 0 aliphatic heterocycles. The Morgan fingerprint density at radius 2 is 1.92 bits per heavy atom. The molecule has 0 saturated heterocycles. The van der Waals surface area contributed by atoms with Crippen LogP contribution < -0.4 is 0 Å². The SMILES string of the molecule is Cc1ccc(-c2nc(CSc3nnc(Cc4cccs4)n3C)cs2)cc1. The van der Waals surface area contributed by atoms with Gasteiger partial charge in [-0.3, -0.25) is 0 Å². The van der Waals surface area contributed by atoms with Gasteiger partial charge in [0, 0.05) is 35.0 Å². The Bertz CT molecular complexity index is 984. The molecular formula is C19H18N4S3. The number of thiazole rings is 1. The molecule has 0 saturated carbocycles. The molecule has 3 heterocycles. The molecule has 0 N–H and O–H groups in total. The van der Waals surface area contributed by atoms with Crippen LogP contribution in [0.3, 0.4) is 0 Å². The minimum Gasteiger partial charge on any atom is -0.309 e. The van der Waals surface area contributed by atoms with Gasteiger partial charge < -0.3 is 4.57 Å². The van der Waals surface area contributed by atoms with E-state index >= 15 is 0 Å². The minimum atomic E-state index is 0.799. The first kappa shape index (κ1) is 17.5. The third-order valence-corrected chi connectivity index (χ3v) is 6.91. The van der Waals surface area contributed by atoms with Gasteiger partial charge in [-0.25, -0.2) is 4.98 Å². The maximum Gasteiger partial charge on any atom is 0.191 e. The maximum absolute atomic E-state index is 4.76. The lowest BCUT2D eigenvalue weighted by Gasteiger charge is -2.02. The fourth-order valence-corrected chi connectivity index (χ4v) is 4.99. The molecule has 0 aliphatic carbocycles. The highest BCUT2D eigenvalue weighted by molar-refractivity contribution is 7.98.